The van der Waals surface area contributed by atoms with Gasteiger partial charge < -0.3 is 34.9 Å². The molecule has 224 valence electrons. The zero-order valence-electron chi connectivity index (χ0n) is 23.1. The molecule has 1 aliphatic rings. The summed E-state index contributed by atoms with van der Waals surface area (Å²) < 4.78 is 13.5. The van der Waals surface area contributed by atoms with Crippen LogP contribution in [0.3, 0.4) is 0 Å². The van der Waals surface area contributed by atoms with Crippen LogP contribution in [0.25, 0.3) is 21.7 Å². The fourth-order valence-corrected chi connectivity index (χ4v) is 5.36. The molecule has 4 N–H and O–H groups in total. The molecule has 0 saturated carbocycles. The predicted molar refractivity (Wildman–Crippen MR) is 160 cm³/mol. The third kappa shape index (κ3) is 5.78. The molecule has 44 heavy (non-hydrogen) atoms. The van der Waals surface area contributed by atoms with Crippen LogP contribution in [0.5, 0.6) is 17.4 Å². The molecule has 2 amide bonds. The van der Waals surface area contributed by atoms with Gasteiger partial charge in [0.15, 0.2) is 12.7 Å². The average molecular weight is 616 g/mol. The fourth-order valence-electron chi connectivity index (χ4n) is 5.18. The van der Waals surface area contributed by atoms with E-state index in [0.29, 0.717) is 32.6 Å². The number of amides is 2. The van der Waals surface area contributed by atoms with Crippen LogP contribution in [-0.2, 0) is 11.3 Å². The molecular formula is C31H26ClN5O7. The van der Waals surface area contributed by atoms with Crippen molar-refractivity contribution in [2.75, 3.05) is 19.7 Å². The molecule has 0 spiro atoms. The fraction of sp³-hybridized carbons (Fsp3) is 0.194. The van der Waals surface area contributed by atoms with Gasteiger partial charge >= 0.3 is 0 Å². The van der Waals surface area contributed by atoms with Gasteiger partial charge in [0.25, 0.3) is 11.8 Å². The van der Waals surface area contributed by atoms with Crippen molar-refractivity contribution in [2.45, 2.75) is 18.8 Å². The number of aromatic nitrogens is 3. The third-order valence-electron chi connectivity index (χ3n) is 7.40. The summed E-state index contributed by atoms with van der Waals surface area (Å²) in [5, 5.41) is 30.1. The highest BCUT2D eigenvalue weighted by Gasteiger charge is 2.37. The van der Waals surface area contributed by atoms with Gasteiger partial charge in [0, 0.05) is 60.1 Å². The van der Waals surface area contributed by atoms with Gasteiger partial charge in [0.1, 0.15) is 17.6 Å². The van der Waals surface area contributed by atoms with Gasteiger partial charge in [-0.15, -0.1) is 5.10 Å². The molecule has 1 aliphatic heterocycles. The number of fused-ring (bicyclic) bond motifs is 2. The first-order valence-corrected chi connectivity index (χ1v) is 14.0. The molecule has 1 saturated heterocycles. The lowest BCUT2D eigenvalue weighted by Gasteiger charge is -2.16. The number of β-amino-alcohol motifs (C(OH)–C–C–N with tert-alkyl or cyclic N) is 1. The van der Waals surface area contributed by atoms with Crippen LogP contribution in [0, 0.1) is 0 Å². The SMILES string of the molecule is NC(=O)c1cc2cc(Cl)ccc2cc1OCC(=O)c1cn(CCN2C[C@H](O)[C@@H](O)C2=O)c2cc(Oc3cccnn3)ccc12. The Bertz CT molecular complexity index is 1910. The second-order valence-corrected chi connectivity index (χ2v) is 10.7. The maximum absolute atomic E-state index is 13.6. The number of nitrogens with two attached hydrogens (primary N) is 1. The number of primary amides is 1. The van der Waals surface area contributed by atoms with Crippen LogP contribution in [0.4, 0.5) is 0 Å². The minimum Gasteiger partial charge on any atom is -0.485 e. The van der Waals surface area contributed by atoms with Gasteiger partial charge in [-0.1, -0.05) is 17.7 Å². The lowest BCUT2D eigenvalue weighted by atomic mass is 10.1. The van der Waals surface area contributed by atoms with Crippen molar-refractivity contribution in [3.05, 3.63) is 89.2 Å². The molecule has 0 bridgehead atoms. The quantitative estimate of drug-likeness (QED) is 0.200. The highest BCUT2D eigenvalue weighted by molar-refractivity contribution is 6.31. The maximum atomic E-state index is 13.6. The topological polar surface area (TPSA) is 170 Å². The molecule has 0 aliphatic carbocycles. The molecule has 2 atom stereocenters. The van der Waals surface area contributed by atoms with Crippen LogP contribution in [-0.4, -0.2) is 79.4 Å². The number of likely N-dealkylation sites (tertiary alicyclic amines) is 1. The van der Waals surface area contributed by atoms with E-state index in [-0.39, 0.29) is 49.2 Å². The number of aliphatic hydroxyl groups is 2. The van der Waals surface area contributed by atoms with E-state index >= 15 is 0 Å². The molecule has 0 unspecified atom stereocenters. The summed E-state index contributed by atoms with van der Waals surface area (Å²) in [5.41, 5.74) is 6.68. The number of halogens is 1. The number of benzene rings is 3. The highest BCUT2D eigenvalue weighted by atomic mass is 35.5. The average Bonchev–Trinajstić information content (AvgIpc) is 3.50. The van der Waals surface area contributed by atoms with Crippen LogP contribution in [0.15, 0.2) is 73.1 Å². The van der Waals surface area contributed by atoms with Gasteiger partial charge in [0.05, 0.1) is 11.1 Å². The van der Waals surface area contributed by atoms with Crippen LogP contribution < -0.4 is 15.2 Å². The normalized spacial score (nSPS) is 16.5. The summed E-state index contributed by atoms with van der Waals surface area (Å²) in [7, 11) is 0. The number of carbonyl (C=O) groups is 3. The van der Waals surface area contributed by atoms with E-state index in [1.807, 2.05) is 0 Å². The smallest absolute Gasteiger partial charge is 0.254 e. The number of hydrogen-bond donors (Lipinski definition) is 3. The number of rotatable bonds is 10. The molecular weight excluding hydrogens is 590 g/mol. The number of Topliss-reactive ketones (excluding diaryl/α,β-unsaturated/α-hetero) is 1. The van der Waals surface area contributed by atoms with E-state index in [0.717, 1.165) is 5.39 Å². The monoisotopic (exact) mass is 615 g/mol. The van der Waals surface area contributed by atoms with Crippen LogP contribution >= 0.6 is 11.6 Å². The van der Waals surface area contributed by atoms with Crippen molar-refractivity contribution in [1.82, 2.24) is 19.7 Å². The highest BCUT2D eigenvalue weighted by Crippen LogP contribution is 2.31. The summed E-state index contributed by atoms with van der Waals surface area (Å²) >= 11 is 6.09. The first-order chi connectivity index (χ1) is 21.2. The van der Waals surface area contributed by atoms with E-state index in [1.54, 1.807) is 71.4 Å². The summed E-state index contributed by atoms with van der Waals surface area (Å²) in [6.07, 6.45) is 0.541. The van der Waals surface area contributed by atoms with Crippen molar-refractivity contribution in [1.29, 1.82) is 0 Å². The molecule has 5 aromatic rings. The summed E-state index contributed by atoms with van der Waals surface area (Å²) in [6.45, 7) is 0.0437. The number of aliphatic hydroxyl groups excluding tert-OH is 2. The van der Waals surface area contributed by atoms with Crippen LogP contribution in [0.1, 0.15) is 20.7 Å². The van der Waals surface area contributed by atoms with Crippen LogP contribution in [0.2, 0.25) is 5.02 Å². The molecule has 12 nitrogen and oxygen atoms in total. The van der Waals surface area contributed by atoms with Crippen molar-refractivity contribution >= 4 is 50.9 Å². The molecule has 6 rings (SSSR count). The Kier molecular flexibility index (Phi) is 7.87. The number of nitrogens with zero attached hydrogens (tertiary/aromatic N) is 4. The maximum Gasteiger partial charge on any atom is 0.254 e. The van der Waals surface area contributed by atoms with Gasteiger partial charge in [-0.2, -0.15) is 5.10 Å². The standard InChI is InChI=1S/C31H26ClN5O7/c32-19-4-3-17-12-27(22(30(33)41)11-18(17)10-19)43-16-26(39)23-14-36(8-9-37-15-25(38)29(40)31(37)42)24-13-20(5-6-21(23)24)44-28-2-1-7-34-35-28/h1-7,10-14,25,29,38,40H,8-9,15-16H2,(H2,33,41)/t25-,29+/m0/s1. The number of ketones is 1. The van der Waals surface area contributed by atoms with Gasteiger partial charge in [-0.3, -0.25) is 14.4 Å². The zero-order chi connectivity index (χ0) is 31.0. The van der Waals surface area contributed by atoms with Gasteiger partial charge in [0.2, 0.25) is 11.7 Å². The lowest BCUT2D eigenvalue weighted by molar-refractivity contribution is -0.135. The predicted octanol–water partition coefficient (Wildman–Crippen LogP) is 2.95. The van der Waals surface area contributed by atoms with E-state index in [2.05, 4.69) is 10.2 Å². The van der Waals surface area contributed by atoms with E-state index in [1.165, 1.54) is 11.1 Å². The number of ether oxygens (including phenoxy) is 2. The van der Waals surface area contributed by atoms with E-state index in [4.69, 9.17) is 26.8 Å². The first kappa shape index (κ1) is 29.1. The second-order valence-electron chi connectivity index (χ2n) is 10.3. The lowest BCUT2D eigenvalue weighted by Crippen LogP contribution is -2.32. The molecule has 13 heteroatoms. The Morgan fingerprint density at radius 3 is 2.59 bits per heavy atom. The Labute approximate surface area is 255 Å². The molecule has 1 fully saturated rings. The minimum absolute atomic E-state index is 0.0000259. The minimum atomic E-state index is -1.46. The zero-order valence-corrected chi connectivity index (χ0v) is 23.8. The summed E-state index contributed by atoms with van der Waals surface area (Å²) in [5.74, 6) is -0.762. The van der Waals surface area contributed by atoms with Crippen molar-refractivity contribution in [2.24, 2.45) is 5.73 Å². The second kappa shape index (κ2) is 11.9. The Balaban J connectivity index is 1.29. The van der Waals surface area contributed by atoms with Crippen molar-refractivity contribution < 1.29 is 34.1 Å². The van der Waals surface area contributed by atoms with Crippen molar-refractivity contribution in [3.63, 3.8) is 0 Å². The number of hydrogen-bond acceptors (Lipinski definition) is 9. The largest absolute Gasteiger partial charge is 0.485 e. The molecule has 3 aromatic carbocycles. The summed E-state index contributed by atoms with van der Waals surface area (Å²) in [6, 6.07) is 16.9. The Morgan fingerprint density at radius 2 is 1.86 bits per heavy atom. The molecule has 0 radical (unpaired) electrons. The van der Waals surface area contributed by atoms with E-state index < -0.39 is 24.0 Å². The van der Waals surface area contributed by atoms with E-state index in [9.17, 15) is 24.6 Å². The van der Waals surface area contributed by atoms with Gasteiger partial charge in [-0.25, -0.2) is 0 Å². The summed E-state index contributed by atoms with van der Waals surface area (Å²) in [4.78, 5) is 39.4. The Morgan fingerprint density at radius 1 is 1.02 bits per heavy atom. The molecule has 3 heterocycles. The molecule has 2 aromatic heterocycles. The third-order valence-corrected chi connectivity index (χ3v) is 7.63. The first-order valence-electron chi connectivity index (χ1n) is 13.6. The number of carbonyl (C=O) groups excluding carboxylic acids is 3. The Hall–Kier alpha value is -5.04. The van der Waals surface area contributed by atoms with Crippen molar-refractivity contribution in [3.8, 4) is 17.4 Å². The van der Waals surface area contributed by atoms with Gasteiger partial charge in [-0.05, 0) is 53.2 Å².